The highest BCUT2D eigenvalue weighted by molar-refractivity contribution is 5.79. The van der Waals surface area contributed by atoms with Gasteiger partial charge < -0.3 is 14.7 Å². The van der Waals surface area contributed by atoms with Gasteiger partial charge in [0.2, 0.25) is 5.91 Å². The van der Waals surface area contributed by atoms with Crippen LogP contribution in [0.15, 0.2) is 0 Å². The predicted octanol–water partition coefficient (Wildman–Crippen LogP) is 1.76. The molecular weight excluding hydrogens is 258 g/mol. The lowest BCUT2D eigenvalue weighted by atomic mass is 9.84. The molecule has 2 aliphatic heterocycles. The summed E-state index contributed by atoms with van der Waals surface area (Å²) in [4.78, 5) is 25.3. The van der Waals surface area contributed by atoms with Crippen molar-refractivity contribution in [3.8, 4) is 0 Å². The summed E-state index contributed by atoms with van der Waals surface area (Å²) in [5.74, 6) is 0.0737. The summed E-state index contributed by atoms with van der Waals surface area (Å²) >= 11 is 0. The molecule has 5 heteroatoms. The minimum atomic E-state index is -0.745. The van der Waals surface area contributed by atoms with Gasteiger partial charge in [-0.05, 0) is 37.5 Å². The Balaban J connectivity index is 1.88. The standard InChI is InChI=1S/C15H25NO4/c1-11(9-14(17)18)13-3-2-6-16(10-13)15(19)12-4-7-20-8-5-12/h11-13H,2-10H2,1H3,(H,17,18). The summed E-state index contributed by atoms with van der Waals surface area (Å²) in [5, 5.41) is 8.90. The van der Waals surface area contributed by atoms with Gasteiger partial charge in [-0.25, -0.2) is 0 Å². The van der Waals surface area contributed by atoms with Crippen molar-refractivity contribution >= 4 is 11.9 Å². The maximum atomic E-state index is 12.5. The van der Waals surface area contributed by atoms with E-state index in [-0.39, 0.29) is 24.2 Å². The second-order valence-corrected chi connectivity index (χ2v) is 6.15. The monoisotopic (exact) mass is 283 g/mol. The highest BCUT2D eigenvalue weighted by Gasteiger charge is 2.32. The van der Waals surface area contributed by atoms with Gasteiger partial charge in [0.05, 0.1) is 0 Å². The van der Waals surface area contributed by atoms with Gasteiger partial charge in [-0.3, -0.25) is 9.59 Å². The zero-order chi connectivity index (χ0) is 14.5. The predicted molar refractivity (Wildman–Crippen MR) is 74.3 cm³/mol. The maximum absolute atomic E-state index is 12.5. The van der Waals surface area contributed by atoms with E-state index >= 15 is 0 Å². The van der Waals surface area contributed by atoms with Crippen molar-refractivity contribution in [2.45, 2.75) is 39.0 Å². The zero-order valence-corrected chi connectivity index (χ0v) is 12.2. The van der Waals surface area contributed by atoms with E-state index in [9.17, 15) is 9.59 Å². The fraction of sp³-hybridized carbons (Fsp3) is 0.867. The fourth-order valence-electron chi connectivity index (χ4n) is 3.32. The van der Waals surface area contributed by atoms with Gasteiger partial charge in [0, 0.05) is 38.6 Å². The number of piperidine rings is 1. The molecule has 0 radical (unpaired) electrons. The molecule has 0 bridgehead atoms. The Hall–Kier alpha value is -1.10. The molecule has 0 aromatic rings. The molecule has 2 aliphatic rings. The fourth-order valence-corrected chi connectivity index (χ4v) is 3.32. The van der Waals surface area contributed by atoms with Crippen LogP contribution < -0.4 is 0 Å². The molecule has 0 aromatic heterocycles. The van der Waals surface area contributed by atoms with Crippen LogP contribution in [0, 0.1) is 17.8 Å². The molecule has 2 unspecified atom stereocenters. The molecule has 1 amide bonds. The number of carbonyl (C=O) groups excluding carboxylic acids is 1. The van der Waals surface area contributed by atoms with Crippen LogP contribution in [0.1, 0.15) is 39.0 Å². The molecule has 2 saturated heterocycles. The number of carbonyl (C=O) groups is 2. The molecule has 2 atom stereocenters. The second-order valence-electron chi connectivity index (χ2n) is 6.15. The summed E-state index contributed by atoms with van der Waals surface area (Å²) in [5.41, 5.74) is 0. The Labute approximate surface area is 120 Å². The number of ether oxygens (including phenoxy) is 1. The molecular formula is C15H25NO4. The SMILES string of the molecule is CC(CC(=O)O)C1CCCN(C(=O)C2CCOCC2)C1. The van der Waals surface area contributed by atoms with E-state index in [1.807, 2.05) is 11.8 Å². The van der Waals surface area contributed by atoms with Crippen LogP contribution in [-0.2, 0) is 14.3 Å². The van der Waals surface area contributed by atoms with Crippen LogP contribution in [0.2, 0.25) is 0 Å². The first kappa shape index (κ1) is 15.3. The minimum absolute atomic E-state index is 0.109. The van der Waals surface area contributed by atoms with Crippen LogP contribution in [0.5, 0.6) is 0 Å². The van der Waals surface area contributed by atoms with Gasteiger partial charge in [0.1, 0.15) is 0 Å². The molecule has 0 saturated carbocycles. The van der Waals surface area contributed by atoms with Gasteiger partial charge in [0.15, 0.2) is 0 Å². The third-order valence-electron chi connectivity index (χ3n) is 4.64. The molecule has 2 heterocycles. The molecule has 1 N–H and O–H groups in total. The van der Waals surface area contributed by atoms with Crippen LogP contribution >= 0.6 is 0 Å². The van der Waals surface area contributed by atoms with Crippen LogP contribution in [0.4, 0.5) is 0 Å². The molecule has 20 heavy (non-hydrogen) atoms. The minimum Gasteiger partial charge on any atom is -0.481 e. The van der Waals surface area contributed by atoms with E-state index in [4.69, 9.17) is 9.84 Å². The smallest absolute Gasteiger partial charge is 0.303 e. The Kier molecular flexibility index (Phi) is 5.40. The Morgan fingerprint density at radius 2 is 2.00 bits per heavy atom. The van der Waals surface area contributed by atoms with Crippen molar-refractivity contribution in [2.24, 2.45) is 17.8 Å². The summed E-state index contributed by atoms with van der Waals surface area (Å²) in [6.45, 7) is 4.91. The average Bonchev–Trinajstić information content (AvgIpc) is 2.47. The summed E-state index contributed by atoms with van der Waals surface area (Å²) in [7, 11) is 0. The van der Waals surface area contributed by atoms with Gasteiger partial charge >= 0.3 is 5.97 Å². The van der Waals surface area contributed by atoms with E-state index in [2.05, 4.69) is 0 Å². The largest absolute Gasteiger partial charge is 0.481 e. The number of likely N-dealkylation sites (tertiary alicyclic amines) is 1. The highest BCUT2D eigenvalue weighted by Crippen LogP contribution is 2.28. The number of carboxylic acids is 1. The Bertz CT molecular complexity index is 352. The van der Waals surface area contributed by atoms with Gasteiger partial charge in [-0.15, -0.1) is 0 Å². The molecule has 2 rings (SSSR count). The zero-order valence-electron chi connectivity index (χ0n) is 12.2. The number of hydrogen-bond acceptors (Lipinski definition) is 3. The number of rotatable bonds is 4. The third kappa shape index (κ3) is 3.95. The number of amides is 1. The van der Waals surface area contributed by atoms with Gasteiger partial charge in [-0.1, -0.05) is 6.92 Å². The second kappa shape index (κ2) is 7.07. The van der Waals surface area contributed by atoms with E-state index < -0.39 is 5.97 Å². The number of hydrogen-bond donors (Lipinski definition) is 1. The van der Waals surface area contributed by atoms with Crippen molar-refractivity contribution in [1.29, 1.82) is 0 Å². The third-order valence-corrected chi connectivity index (χ3v) is 4.64. The maximum Gasteiger partial charge on any atom is 0.303 e. The molecule has 0 spiro atoms. The first-order valence-corrected chi connectivity index (χ1v) is 7.66. The number of carboxylic acid groups (broad SMARTS) is 1. The van der Waals surface area contributed by atoms with Gasteiger partial charge in [-0.2, -0.15) is 0 Å². The van der Waals surface area contributed by atoms with E-state index in [1.165, 1.54) is 0 Å². The van der Waals surface area contributed by atoms with Crippen molar-refractivity contribution in [3.05, 3.63) is 0 Å². The molecule has 0 aromatic carbocycles. The average molecular weight is 283 g/mol. The van der Waals surface area contributed by atoms with Crippen molar-refractivity contribution in [1.82, 2.24) is 4.90 Å². The summed E-state index contributed by atoms with van der Waals surface area (Å²) in [6, 6.07) is 0. The lowest BCUT2D eigenvalue weighted by Gasteiger charge is -2.37. The Morgan fingerprint density at radius 3 is 2.65 bits per heavy atom. The lowest BCUT2D eigenvalue weighted by molar-refractivity contribution is -0.141. The lowest BCUT2D eigenvalue weighted by Crippen LogP contribution is -2.45. The van der Waals surface area contributed by atoms with E-state index in [1.54, 1.807) is 0 Å². The van der Waals surface area contributed by atoms with E-state index in [0.717, 1.165) is 38.8 Å². The van der Waals surface area contributed by atoms with Crippen LogP contribution in [0.3, 0.4) is 0 Å². The quantitative estimate of drug-likeness (QED) is 0.853. The van der Waals surface area contributed by atoms with Crippen molar-refractivity contribution in [2.75, 3.05) is 26.3 Å². The Morgan fingerprint density at radius 1 is 1.30 bits per heavy atom. The number of nitrogens with zero attached hydrogens (tertiary/aromatic N) is 1. The first-order chi connectivity index (χ1) is 9.58. The molecule has 2 fully saturated rings. The summed E-state index contributed by atoms with van der Waals surface area (Å²) in [6.07, 6.45) is 3.87. The van der Waals surface area contributed by atoms with Crippen LogP contribution in [0.25, 0.3) is 0 Å². The molecule has 0 aliphatic carbocycles. The van der Waals surface area contributed by atoms with Crippen LogP contribution in [-0.4, -0.2) is 48.2 Å². The van der Waals surface area contributed by atoms with Crippen molar-refractivity contribution in [3.63, 3.8) is 0 Å². The van der Waals surface area contributed by atoms with Gasteiger partial charge in [0.25, 0.3) is 0 Å². The highest BCUT2D eigenvalue weighted by atomic mass is 16.5. The molecule has 114 valence electrons. The summed E-state index contributed by atoms with van der Waals surface area (Å²) < 4.78 is 5.30. The molecule has 5 nitrogen and oxygen atoms in total. The normalized spacial score (nSPS) is 26.2. The first-order valence-electron chi connectivity index (χ1n) is 7.66. The van der Waals surface area contributed by atoms with Crippen molar-refractivity contribution < 1.29 is 19.4 Å². The number of aliphatic carboxylic acids is 1. The van der Waals surface area contributed by atoms with E-state index in [0.29, 0.717) is 19.1 Å². The topological polar surface area (TPSA) is 66.8 Å².